The first kappa shape index (κ1) is 27.3. The van der Waals surface area contributed by atoms with Crippen LogP contribution in [-0.4, -0.2) is 42.4 Å². The number of rotatable bonds is 6. The van der Waals surface area contributed by atoms with Crippen LogP contribution in [0.15, 0.2) is 51.7 Å². The van der Waals surface area contributed by atoms with Crippen molar-refractivity contribution >= 4 is 56.0 Å². The van der Waals surface area contributed by atoms with Crippen LogP contribution in [0.1, 0.15) is 37.6 Å². The van der Waals surface area contributed by atoms with E-state index >= 15 is 0 Å². The highest BCUT2D eigenvalue weighted by molar-refractivity contribution is 9.10. The van der Waals surface area contributed by atoms with E-state index in [2.05, 4.69) is 30.7 Å². The molecule has 0 amide bonds. The van der Waals surface area contributed by atoms with Gasteiger partial charge in [-0.25, -0.2) is 8.42 Å². The number of aromatic nitrogens is 1. The first-order valence-corrected chi connectivity index (χ1v) is 15.4. The fraction of sp³-hybridized carbons (Fsp3) is 0.292. The van der Waals surface area contributed by atoms with Crippen molar-refractivity contribution in [2.24, 2.45) is 4.76 Å². The number of amidine groups is 1. The number of anilines is 2. The Morgan fingerprint density at radius 3 is 2.49 bits per heavy atom. The fourth-order valence-corrected chi connectivity index (χ4v) is 6.82. The predicted molar refractivity (Wildman–Crippen MR) is 149 cm³/mol. The summed E-state index contributed by atoms with van der Waals surface area (Å²) in [5, 5.41) is 25.9. The van der Waals surface area contributed by atoms with Gasteiger partial charge in [0.1, 0.15) is 5.56 Å². The first-order valence-electron chi connectivity index (χ1n) is 11.2. The predicted octanol–water partition coefficient (Wildman–Crippen LogP) is 4.72. The Bertz CT molecular complexity index is 1580. The van der Waals surface area contributed by atoms with Gasteiger partial charge in [-0.15, -0.1) is 0 Å². The molecule has 4 rings (SSSR count). The number of hydrogen-bond acceptors (Lipinski definition) is 7. The maximum absolute atomic E-state index is 13.8. The van der Waals surface area contributed by atoms with Crippen molar-refractivity contribution in [1.29, 1.82) is 0 Å². The van der Waals surface area contributed by atoms with Gasteiger partial charge in [-0.05, 0) is 35.9 Å². The zero-order valence-corrected chi connectivity index (χ0v) is 24.2. The normalized spacial score (nSPS) is 17.6. The second-order valence-corrected chi connectivity index (χ2v) is 14.5. The van der Waals surface area contributed by atoms with E-state index in [0.29, 0.717) is 11.4 Å². The SMILES string of the molecule is COP1(=O)N=C(c2c(O)c(C(C)(C)C)n(Cc3cccc(Br)c3)c2O)Nc2ccc(NS(C)(=O)=O)cc21. The molecule has 3 aromatic rings. The van der Waals surface area contributed by atoms with Crippen molar-refractivity contribution in [1.82, 2.24) is 4.57 Å². The lowest BCUT2D eigenvalue weighted by Gasteiger charge is -2.24. The second-order valence-electron chi connectivity index (χ2n) is 9.74. The van der Waals surface area contributed by atoms with Crippen molar-refractivity contribution in [3.05, 3.63) is 63.8 Å². The van der Waals surface area contributed by atoms with E-state index in [9.17, 15) is 23.2 Å². The van der Waals surface area contributed by atoms with Crippen LogP contribution in [0.4, 0.5) is 11.4 Å². The molecular weight excluding hydrogens is 583 g/mol. The summed E-state index contributed by atoms with van der Waals surface area (Å²) in [6, 6.07) is 12.0. The minimum atomic E-state index is -3.90. The summed E-state index contributed by atoms with van der Waals surface area (Å²) >= 11 is 3.46. The Balaban J connectivity index is 1.87. The summed E-state index contributed by atoms with van der Waals surface area (Å²) in [4.78, 5) is 0. The molecule has 0 fully saturated rings. The highest BCUT2D eigenvalue weighted by Gasteiger charge is 2.38. The maximum atomic E-state index is 13.8. The molecule has 1 aromatic heterocycles. The van der Waals surface area contributed by atoms with Crippen molar-refractivity contribution in [3.8, 4) is 11.6 Å². The molecule has 0 aliphatic carbocycles. The fourth-order valence-electron chi connectivity index (χ4n) is 4.28. The minimum Gasteiger partial charge on any atom is -0.505 e. The molecule has 1 aliphatic rings. The van der Waals surface area contributed by atoms with Gasteiger partial charge in [0, 0.05) is 22.7 Å². The third-order valence-corrected chi connectivity index (χ3v) is 8.76. The third kappa shape index (κ3) is 5.43. The molecule has 0 bridgehead atoms. The highest BCUT2D eigenvalue weighted by atomic mass is 79.9. The summed E-state index contributed by atoms with van der Waals surface area (Å²) < 4.78 is 51.5. The summed E-state index contributed by atoms with van der Waals surface area (Å²) in [5.74, 6) is -0.488. The monoisotopic (exact) mass is 610 g/mol. The van der Waals surface area contributed by atoms with Gasteiger partial charge in [0.2, 0.25) is 15.9 Å². The number of nitrogens with one attached hydrogen (secondary N) is 2. The lowest BCUT2D eigenvalue weighted by Crippen LogP contribution is -2.26. The largest absolute Gasteiger partial charge is 0.505 e. The van der Waals surface area contributed by atoms with Crippen molar-refractivity contribution in [2.45, 2.75) is 32.7 Å². The number of sulfonamides is 1. The molecule has 1 atom stereocenters. The van der Waals surface area contributed by atoms with Crippen LogP contribution in [0.5, 0.6) is 11.6 Å². The summed E-state index contributed by atoms with van der Waals surface area (Å²) in [6.45, 7) is 5.98. The molecular formula is C24H28BrN4O6PS. The van der Waals surface area contributed by atoms with E-state index in [-0.39, 0.29) is 40.6 Å². The number of benzene rings is 2. The van der Waals surface area contributed by atoms with Crippen molar-refractivity contribution < 1.29 is 27.7 Å². The zero-order valence-electron chi connectivity index (χ0n) is 20.9. The van der Waals surface area contributed by atoms with E-state index in [1.807, 2.05) is 45.0 Å². The van der Waals surface area contributed by atoms with Crippen LogP contribution < -0.4 is 15.3 Å². The molecule has 1 aliphatic heterocycles. The molecule has 37 heavy (non-hydrogen) atoms. The molecule has 2 aromatic carbocycles. The van der Waals surface area contributed by atoms with Gasteiger partial charge in [-0.3, -0.25) is 9.29 Å². The van der Waals surface area contributed by atoms with Gasteiger partial charge in [0.15, 0.2) is 11.6 Å². The Kier molecular flexibility index (Phi) is 7.00. The second kappa shape index (κ2) is 9.50. The van der Waals surface area contributed by atoms with Crippen LogP contribution in [-0.2, 0) is 31.1 Å². The maximum Gasteiger partial charge on any atom is 0.348 e. The van der Waals surface area contributed by atoms with Crippen LogP contribution in [0.3, 0.4) is 0 Å². The number of halogens is 1. The Morgan fingerprint density at radius 2 is 1.89 bits per heavy atom. The van der Waals surface area contributed by atoms with Gasteiger partial charge in [0.25, 0.3) is 0 Å². The van der Waals surface area contributed by atoms with Gasteiger partial charge < -0.3 is 24.6 Å². The summed E-state index contributed by atoms with van der Waals surface area (Å²) in [7, 11) is -6.24. The van der Waals surface area contributed by atoms with Gasteiger partial charge in [-0.2, -0.15) is 4.76 Å². The molecule has 0 saturated heterocycles. The molecule has 13 heteroatoms. The average Bonchev–Trinajstić information content (AvgIpc) is 3.02. The van der Waals surface area contributed by atoms with Crippen LogP contribution in [0, 0.1) is 0 Å². The van der Waals surface area contributed by atoms with Crippen molar-refractivity contribution in [2.75, 3.05) is 23.4 Å². The molecule has 2 heterocycles. The minimum absolute atomic E-state index is 0.0128. The molecule has 10 nitrogen and oxygen atoms in total. The Morgan fingerprint density at radius 1 is 1.19 bits per heavy atom. The third-order valence-electron chi connectivity index (χ3n) is 5.72. The van der Waals surface area contributed by atoms with E-state index in [1.54, 1.807) is 4.57 Å². The topological polar surface area (TPSA) is 142 Å². The lowest BCUT2D eigenvalue weighted by atomic mass is 9.91. The zero-order chi connectivity index (χ0) is 27.3. The number of fused-ring (bicyclic) bond motifs is 1. The average molecular weight is 611 g/mol. The number of aromatic hydroxyl groups is 2. The highest BCUT2D eigenvalue weighted by Crippen LogP contribution is 2.53. The lowest BCUT2D eigenvalue weighted by molar-refractivity contribution is 0.401. The van der Waals surface area contributed by atoms with Gasteiger partial charge >= 0.3 is 7.52 Å². The number of nitrogens with zero attached hydrogens (tertiary/aromatic N) is 2. The quantitative estimate of drug-likeness (QED) is 0.296. The first-order chi connectivity index (χ1) is 17.1. The Hall–Kier alpha value is -2.79. The molecule has 198 valence electrons. The van der Waals surface area contributed by atoms with E-state index in [1.165, 1.54) is 25.3 Å². The smallest absolute Gasteiger partial charge is 0.348 e. The van der Waals surface area contributed by atoms with Gasteiger partial charge in [-0.1, -0.05) is 48.8 Å². The summed E-state index contributed by atoms with van der Waals surface area (Å²) in [6.07, 6.45) is 1.01. The van der Waals surface area contributed by atoms with Crippen LogP contribution in [0.25, 0.3) is 0 Å². The summed E-state index contributed by atoms with van der Waals surface area (Å²) in [5.41, 5.74) is 1.30. The Labute approximate surface area is 224 Å². The number of hydrogen-bond donors (Lipinski definition) is 4. The standard InChI is InChI=1S/C24H28BrN4O6PS/c1-24(2,3)21-20(30)19(23(31)29(21)13-14-7-6-8-15(25)11-14)22-26-17-10-9-16(28-37(5,33)34)12-18(17)36(32,27-22)35-4/h6-12,28,30-31H,13H2,1-5H3,(H,26,27,32). The van der Waals surface area contributed by atoms with Gasteiger partial charge in [0.05, 0.1) is 29.5 Å². The molecule has 0 spiro atoms. The van der Waals surface area contributed by atoms with Crippen molar-refractivity contribution in [3.63, 3.8) is 0 Å². The van der Waals surface area contributed by atoms with Crippen LogP contribution in [0.2, 0.25) is 0 Å². The molecule has 0 saturated carbocycles. The van der Waals surface area contributed by atoms with E-state index < -0.39 is 23.0 Å². The van der Waals surface area contributed by atoms with Crippen LogP contribution >= 0.6 is 23.4 Å². The molecule has 0 radical (unpaired) electrons. The molecule has 4 N–H and O–H groups in total. The molecule has 1 unspecified atom stereocenters. The van der Waals surface area contributed by atoms with E-state index in [4.69, 9.17) is 4.52 Å². The van der Waals surface area contributed by atoms with E-state index in [0.717, 1.165) is 16.3 Å².